The third kappa shape index (κ3) is 2.55. The predicted octanol–water partition coefficient (Wildman–Crippen LogP) is 3.31. The number of fused-ring (bicyclic) bond motifs is 1. The van der Waals surface area contributed by atoms with E-state index >= 15 is 0 Å². The van der Waals surface area contributed by atoms with E-state index in [2.05, 4.69) is 35.9 Å². The zero-order chi connectivity index (χ0) is 13.1. The fraction of sp³-hybridized carbons (Fsp3) is 0.400. The van der Waals surface area contributed by atoms with Crippen LogP contribution < -0.4 is 0 Å². The summed E-state index contributed by atoms with van der Waals surface area (Å²) in [6.07, 6.45) is 3.80. The van der Waals surface area contributed by atoms with E-state index in [1.54, 1.807) is 6.92 Å². The molecule has 0 aliphatic rings. The van der Waals surface area contributed by atoms with Crippen LogP contribution in [0.25, 0.3) is 10.9 Å². The van der Waals surface area contributed by atoms with Gasteiger partial charge < -0.3 is 9.67 Å². The van der Waals surface area contributed by atoms with Crippen molar-refractivity contribution in [3.8, 4) is 0 Å². The van der Waals surface area contributed by atoms with Crippen LogP contribution in [0.4, 0.5) is 0 Å². The van der Waals surface area contributed by atoms with Gasteiger partial charge >= 0.3 is 5.97 Å². The molecule has 0 radical (unpaired) electrons. The molecular formula is C15H19NO2. The van der Waals surface area contributed by atoms with E-state index in [4.69, 9.17) is 5.11 Å². The van der Waals surface area contributed by atoms with E-state index in [1.165, 1.54) is 10.9 Å². The number of carboxylic acid groups (broad SMARTS) is 1. The highest BCUT2D eigenvalue weighted by molar-refractivity contribution is 5.81. The average molecular weight is 245 g/mol. The minimum absolute atomic E-state index is 0.333. The highest BCUT2D eigenvalue weighted by Crippen LogP contribution is 2.20. The van der Waals surface area contributed by atoms with E-state index < -0.39 is 5.97 Å². The number of nitrogens with zero attached hydrogens (tertiary/aromatic N) is 1. The van der Waals surface area contributed by atoms with E-state index in [-0.39, 0.29) is 5.92 Å². The summed E-state index contributed by atoms with van der Waals surface area (Å²) >= 11 is 0. The second kappa shape index (κ2) is 5.25. The molecule has 0 aliphatic carbocycles. The molecule has 2 aromatic rings. The number of rotatable bonds is 5. The van der Waals surface area contributed by atoms with Gasteiger partial charge in [-0.1, -0.05) is 19.9 Å². The standard InChI is InChI=1S/C15H19NO2/c1-3-7-16-8-6-13-10-12(4-5-14(13)16)9-11(2)15(17)18/h4-6,8,10-11H,3,7,9H2,1-2H3,(H,17,18). The summed E-state index contributed by atoms with van der Waals surface area (Å²) in [6.45, 7) is 4.93. The third-order valence-corrected chi connectivity index (χ3v) is 3.26. The van der Waals surface area contributed by atoms with Gasteiger partial charge in [0.1, 0.15) is 0 Å². The summed E-state index contributed by atoms with van der Waals surface area (Å²) in [6, 6.07) is 8.32. The van der Waals surface area contributed by atoms with E-state index in [1.807, 2.05) is 6.07 Å². The molecule has 18 heavy (non-hydrogen) atoms. The molecule has 0 fully saturated rings. The van der Waals surface area contributed by atoms with Gasteiger partial charge in [0.05, 0.1) is 5.92 Å². The molecule has 0 aliphatic heterocycles. The fourth-order valence-electron chi connectivity index (χ4n) is 2.25. The van der Waals surface area contributed by atoms with Gasteiger partial charge in [-0.05, 0) is 42.0 Å². The van der Waals surface area contributed by atoms with Gasteiger partial charge in [-0.3, -0.25) is 4.79 Å². The maximum atomic E-state index is 10.9. The Labute approximate surface area is 107 Å². The van der Waals surface area contributed by atoms with Gasteiger partial charge in [0.2, 0.25) is 0 Å². The van der Waals surface area contributed by atoms with E-state index in [0.29, 0.717) is 6.42 Å². The molecule has 0 saturated heterocycles. The predicted molar refractivity (Wildman–Crippen MR) is 72.7 cm³/mol. The average Bonchev–Trinajstić information content (AvgIpc) is 2.72. The highest BCUT2D eigenvalue weighted by atomic mass is 16.4. The Morgan fingerprint density at radius 3 is 2.83 bits per heavy atom. The zero-order valence-electron chi connectivity index (χ0n) is 10.9. The maximum Gasteiger partial charge on any atom is 0.306 e. The quantitative estimate of drug-likeness (QED) is 0.878. The van der Waals surface area contributed by atoms with Crippen molar-refractivity contribution in [2.24, 2.45) is 5.92 Å². The number of hydrogen-bond donors (Lipinski definition) is 1. The molecule has 0 bridgehead atoms. The second-order valence-corrected chi connectivity index (χ2v) is 4.85. The van der Waals surface area contributed by atoms with Crippen molar-refractivity contribution < 1.29 is 9.90 Å². The molecule has 0 saturated carbocycles. The van der Waals surface area contributed by atoms with Crippen LogP contribution in [0.3, 0.4) is 0 Å². The van der Waals surface area contributed by atoms with E-state index in [0.717, 1.165) is 18.5 Å². The lowest BCUT2D eigenvalue weighted by Crippen LogP contribution is -2.12. The molecule has 1 aromatic carbocycles. The SMILES string of the molecule is CCCn1ccc2cc(CC(C)C(=O)O)ccc21. The Balaban J connectivity index is 2.25. The van der Waals surface area contributed by atoms with Gasteiger partial charge in [-0.15, -0.1) is 0 Å². The molecule has 96 valence electrons. The molecule has 2 rings (SSSR count). The van der Waals surface area contributed by atoms with Crippen LogP contribution in [0.15, 0.2) is 30.5 Å². The molecule has 1 N–H and O–H groups in total. The number of aromatic nitrogens is 1. The Morgan fingerprint density at radius 2 is 2.17 bits per heavy atom. The molecule has 1 unspecified atom stereocenters. The third-order valence-electron chi connectivity index (χ3n) is 3.26. The Bertz CT molecular complexity index is 557. The van der Waals surface area contributed by atoms with Crippen molar-refractivity contribution in [2.45, 2.75) is 33.2 Å². The van der Waals surface area contributed by atoms with Crippen LogP contribution in [-0.2, 0) is 17.8 Å². The summed E-state index contributed by atoms with van der Waals surface area (Å²) in [7, 11) is 0. The fourth-order valence-corrected chi connectivity index (χ4v) is 2.25. The van der Waals surface area contributed by atoms with Crippen LogP contribution in [-0.4, -0.2) is 15.6 Å². The summed E-state index contributed by atoms with van der Waals surface area (Å²) in [5.74, 6) is -1.07. The Morgan fingerprint density at radius 1 is 1.39 bits per heavy atom. The Hall–Kier alpha value is -1.77. The number of benzene rings is 1. The molecule has 0 amide bonds. The minimum Gasteiger partial charge on any atom is -0.481 e. The molecule has 1 aromatic heterocycles. The van der Waals surface area contributed by atoms with Crippen molar-refractivity contribution >= 4 is 16.9 Å². The highest BCUT2D eigenvalue weighted by Gasteiger charge is 2.12. The van der Waals surface area contributed by atoms with Crippen molar-refractivity contribution in [1.82, 2.24) is 4.57 Å². The number of aliphatic carboxylic acids is 1. The molecule has 3 nitrogen and oxygen atoms in total. The first-order valence-electron chi connectivity index (χ1n) is 6.42. The van der Waals surface area contributed by atoms with E-state index in [9.17, 15) is 4.79 Å². The molecule has 3 heteroatoms. The molecule has 1 heterocycles. The normalized spacial score (nSPS) is 12.8. The van der Waals surface area contributed by atoms with Crippen LogP contribution in [0.2, 0.25) is 0 Å². The van der Waals surface area contributed by atoms with Crippen molar-refractivity contribution in [2.75, 3.05) is 0 Å². The van der Waals surface area contributed by atoms with Crippen molar-refractivity contribution in [3.63, 3.8) is 0 Å². The first-order chi connectivity index (χ1) is 8.61. The zero-order valence-corrected chi connectivity index (χ0v) is 10.9. The lowest BCUT2D eigenvalue weighted by Gasteiger charge is -2.07. The Kier molecular flexibility index (Phi) is 3.70. The smallest absolute Gasteiger partial charge is 0.306 e. The summed E-state index contributed by atoms with van der Waals surface area (Å²) in [5.41, 5.74) is 2.32. The van der Waals surface area contributed by atoms with Crippen LogP contribution >= 0.6 is 0 Å². The van der Waals surface area contributed by atoms with Gasteiger partial charge in [-0.25, -0.2) is 0 Å². The lowest BCUT2D eigenvalue weighted by molar-refractivity contribution is -0.141. The second-order valence-electron chi connectivity index (χ2n) is 4.85. The van der Waals surface area contributed by atoms with Crippen LogP contribution in [0.1, 0.15) is 25.8 Å². The monoisotopic (exact) mass is 245 g/mol. The van der Waals surface area contributed by atoms with Crippen LogP contribution in [0.5, 0.6) is 0 Å². The van der Waals surface area contributed by atoms with Crippen molar-refractivity contribution in [3.05, 3.63) is 36.0 Å². The maximum absolute atomic E-state index is 10.9. The van der Waals surface area contributed by atoms with Crippen molar-refractivity contribution in [1.29, 1.82) is 0 Å². The minimum atomic E-state index is -0.737. The number of hydrogen-bond acceptors (Lipinski definition) is 1. The van der Waals surface area contributed by atoms with Gasteiger partial charge in [0.15, 0.2) is 0 Å². The first-order valence-corrected chi connectivity index (χ1v) is 6.42. The largest absolute Gasteiger partial charge is 0.481 e. The topological polar surface area (TPSA) is 42.2 Å². The van der Waals surface area contributed by atoms with Gasteiger partial charge in [0.25, 0.3) is 0 Å². The number of carbonyl (C=O) groups is 1. The molecular weight excluding hydrogens is 226 g/mol. The van der Waals surface area contributed by atoms with Gasteiger partial charge in [0, 0.05) is 18.3 Å². The molecule has 1 atom stereocenters. The number of aryl methyl sites for hydroxylation is 1. The first kappa shape index (κ1) is 12.7. The lowest BCUT2D eigenvalue weighted by atomic mass is 10.0. The summed E-state index contributed by atoms with van der Waals surface area (Å²) < 4.78 is 2.24. The summed E-state index contributed by atoms with van der Waals surface area (Å²) in [4.78, 5) is 10.9. The number of carboxylic acids is 1. The summed E-state index contributed by atoms with van der Waals surface area (Å²) in [5, 5.41) is 10.1. The molecule has 0 spiro atoms. The van der Waals surface area contributed by atoms with Crippen LogP contribution in [0, 0.1) is 5.92 Å². The van der Waals surface area contributed by atoms with Gasteiger partial charge in [-0.2, -0.15) is 0 Å².